The van der Waals surface area contributed by atoms with Crippen molar-refractivity contribution >= 4 is 17.8 Å². The number of fused-ring (bicyclic) bond motifs is 1. The van der Waals surface area contributed by atoms with Crippen LogP contribution in [-0.4, -0.2) is 82.3 Å². The SMILES string of the molecule is C=CCCCOC(=O)[C@@H]1[C@@H]2CCC3(O2)C(C(=O)N(CC=C)C(C)C)N([C@@H](CC)CO)C(=O)[C@H]13. The second-order valence-electron chi connectivity index (χ2n) is 9.52. The molecule has 0 aliphatic carbocycles. The number of aliphatic hydroxyl groups is 1. The van der Waals surface area contributed by atoms with Crippen LogP contribution in [0.5, 0.6) is 0 Å². The van der Waals surface area contributed by atoms with Gasteiger partial charge in [0.1, 0.15) is 11.6 Å². The first-order chi connectivity index (χ1) is 15.8. The predicted molar refractivity (Wildman–Crippen MR) is 123 cm³/mol. The molecule has 3 fully saturated rings. The number of amides is 2. The number of nitrogens with zero attached hydrogens (tertiary/aromatic N) is 2. The fraction of sp³-hybridized carbons (Fsp3) is 0.720. The molecule has 8 nitrogen and oxygen atoms in total. The van der Waals surface area contributed by atoms with Gasteiger partial charge in [-0.3, -0.25) is 14.4 Å². The molecule has 1 N–H and O–H groups in total. The maximum Gasteiger partial charge on any atom is 0.312 e. The molecule has 2 amide bonds. The van der Waals surface area contributed by atoms with E-state index in [9.17, 15) is 19.5 Å². The molecular weight excluding hydrogens is 424 g/mol. The average molecular weight is 463 g/mol. The number of ether oxygens (including phenoxy) is 2. The van der Waals surface area contributed by atoms with Crippen LogP contribution >= 0.6 is 0 Å². The van der Waals surface area contributed by atoms with Crippen molar-refractivity contribution in [2.45, 2.75) is 82.7 Å². The Morgan fingerprint density at radius 1 is 1.36 bits per heavy atom. The lowest BCUT2D eigenvalue weighted by atomic mass is 9.70. The summed E-state index contributed by atoms with van der Waals surface area (Å²) in [4.78, 5) is 44.0. The Morgan fingerprint density at radius 2 is 2.09 bits per heavy atom. The van der Waals surface area contributed by atoms with Gasteiger partial charge >= 0.3 is 5.97 Å². The Balaban J connectivity index is 1.98. The smallest absolute Gasteiger partial charge is 0.312 e. The maximum atomic E-state index is 13.9. The summed E-state index contributed by atoms with van der Waals surface area (Å²) in [6.07, 6.45) is 5.98. The molecule has 3 heterocycles. The molecule has 3 rings (SSSR count). The standard InChI is InChI=1S/C25H38N2O6/c1-6-9-10-14-32-24(31)19-18-11-12-25(33-18)20(19)22(29)27(17(8-3)15-28)21(25)23(30)26(13-7-2)16(4)5/h6-7,16-21,28H,1-2,8-15H2,3-5H3/t17-,18-,19+,20-,21?,25?/m0/s1. The van der Waals surface area contributed by atoms with Crippen molar-refractivity contribution < 1.29 is 29.0 Å². The van der Waals surface area contributed by atoms with E-state index in [0.29, 0.717) is 32.2 Å². The molecule has 1 spiro atoms. The summed E-state index contributed by atoms with van der Waals surface area (Å²) in [5.74, 6) is -2.49. The number of esters is 1. The third-order valence-electron chi connectivity index (χ3n) is 7.35. The molecule has 0 saturated carbocycles. The highest BCUT2D eigenvalue weighted by atomic mass is 16.6. The molecule has 3 saturated heterocycles. The van der Waals surface area contributed by atoms with E-state index in [4.69, 9.17) is 9.47 Å². The topological polar surface area (TPSA) is 96.4 Å². The monoisotopic (exact) mass is 462 g/mol. The Morgan fingerprint density at radius 3 is 2.67 bits per heavy atom. The van der Waals surface area contributed by atoms with Crippen LogP contribution in [0.2, 0.25) is 0 Å². The summed E-state index contributed by atoms with van der Waals surface area (Å²) < 4.78 is 11.9. The number of rotatable bonds is 12. The van der Waals surface area contributed by atoms with Gasteiger partial charge in [0.05, 0.1) is 37.2 Å². The van der Waals surface area contributed by atoms with Crippen molar-refractivity contribution in [3.8, 4) is 0 Å². The van der Waals surface area contributed by atoms with E-state index >= 15 is 0 Å². The Bertz CT molecular complexity index is 779. The van der Waals surface area contributed by atoms with Gasteiger partial charge in [-0.25, -0.2) is 0 Å². The van der Waals surface area contributed by atoms with Crippen molar-refractivity contribution in [3.63, 3.8) is 0 Å². The van der Waals surface area contributed by atoms with Crippen LogP contribution in [-0.2, 0) is 23.9 Å². The first-order valence-electron chi connectivity index (χ1n) is 12.1. The number of allylic oxidation sites excluding steroid dienone is 1. The van der Waals surface area contributed by atoms with Crippen molar-refractivity contribution in [2.24, 2.45) is 11.8 Å². The molecular formula is C25H38N2O6. The molecule has 0 aromatic heterocycles. The summed E-state index contributed by atoms with van der Waals surface area (Å²) in [5.41, 5.74) is -1.08. The molecule has 8 heteroatoms. The average Bonchev–Trinajstić information content (AvgIpc) is 3.43. The Hall–Kier alpha value is -2.19. The number of likely N-dealkylation sites (tertiary alicyclic amines) is 1. The first-order valence-corrected chi connectivity index (χ1v) is 12.1. The lowest BCUT2D eigenvalue weighted by molar-refractivity contribution is -0.157. The summed E-state index contributed by atoms with van der Waals surface area (Å²) in [6.45, 7) is 13.5. The first kappa shape index (κ1) is 25.4. The highest BCUT2D eigenvalue weighted by Crippen LogP contribution is 2.59. The van der Waals surface area contributed by atoms with E-state index in [-0.39, 0.29) is 31.1 Å². The predicted octanol–water partition coefficient (Wildman–Crippen LogP) is 2.06. The van der Waals surface area contributed by atoms with Crippen LogP contribution in [0.1, 0.15) is 52.9 Å². The van der Waals surface area contributed by atoms with Crippen LogP contribution in [0.15, 0.2) is 25.3 Å². The van der Waals surface area contributed by atoms with E-state index in [1.165, 1.54) is 4.90 Å². The third-order valence-corrected chi connectivity index (χ3v) is 7.35. The molecule has 2 bridgehead atoms. The molecule has 3 aliphatic rings. The Kier molecular flexibility index (Phi) is 8.00. The van der Waals surface area contributed by atoms with Crippen LogP contribution < -0.4 is 0 Å². The third kappa shape index (κ3) is 4.23. The van der Waals surface area contributed by atoms with Gasteiger partial charge in [-0.1, -0.05) is 19.1 Å². The van der Waals surface area contributed by atoms with Gasteiger partial charge in [0.15, 0.2) is 0 Å². The minimum absolute atomic E-state index is 0.110. The van der Waals surface area contributed by atoms with E-state index in [1.54, 1.807) is 17.1 Å². The molecule has 6 atom stereocenters. The maximum absolute atomic E-state index is 13.9. The van der Waals surface area contributed by atoms with E-state index in [0.717, 1.165) is 6.42 Å². The molecule has 2 unspecified atom stereocenters. The zero-order valence-electron chi connectivity index (χ0n) is 20.1. The van der Waals surface area contributed by atoms with Crippen LogP contribution in [0.25, 0.3) is 0 Å². The number of hydrogen-bond acceptors (Lipinski definition) is 6. The lowest BCUT2D eigenvalue weighted by Gasteiger charge is -2.40. The minimum Gasteiger partial charge on any atom is -0.465 e. The Labute approximate surface area is 196 Å². The van der Waals surface area contributed by atoms with Gasteiger partial charge in [0, 0.05) is 12.6 Å². The molecule has 3 aliphatic heterocycles. The normalized spacial score (nSPS) is 30.9. The quantitative estimate of drug-likeness (QED) is 0.271. The van der Waals surface area contributed by atoms with Gasteiger partial charge in [0.25, 0.3) is 0 Å². The van der Waals surface area contributed by atoms with Crippen LogP contribution in [0, 0.1) is 11.8 Å². The van der Waals surface area contributed by atoms with Gasteiger partial charge in [-0.2, -0.15) is 0 Å². The molecule has 33 heavy (non-hydrogen) atoms. The molecule has 184 valence electrons. The van der Waals surface area contributed by atoms with Gasteiger partial charge < -0.3 is 24.4 Å². The summed E-state index contributed by atoms with van der Waals surface area (Å²) in [7, 11) is 0. The molecule has 0 aromatic carbocycles. The summed E-state index contributed by atoms with van der Waals surface area (Å²) in [6, 6.07) is -1.53. The summed E-state index contributed by atoms with van der Waals surface area (Å²) >= 11 is 0. The number of unbranched alkanes of at least 4 members (excludes halogenated alkanes) is 1. The minimum atomic E-state index is -1.08. The highest BCUT2D eigenvalue weighted by Gasteiger charge is 2.75. The number of aliphatic hydroxyl groups excluding tert-OH is 1. The lowest BCUT2D eigenvalue weighted by Crippen LogP contribution is -2.59. The molecule has 0 radical (unpaired) electrons. The number of carbonyl (C=O) groups is 3. The van der Waals surface area contributed by atoms with Gasteiger partial charge in [-0.15, -0.1) is 13.2 Å². The van der Waals surface area contributed by atoms with E-state index in [1.807, 2.05) is 20.8 Å². The van der Waals surface area contributed by atoms with Gasteiger partial charge in [0.2, 0.25) is 11.8 Å². The van der Waals surface area contributed by atoms with Crippen LogP contribution in [0.4, 0.5) is 0 Å². The number of carbonyl (C=O) groups excluding carboxylic acids is 3. The fourth-order valence-corrected chi connectivity index (χ4v) is 5.79. The zero-order valence-corrected chi connectivity index (χ0v) is 20.1. The van der Waals surface area contributed by atoms with Crippen molar-refractivity contribution in [2.75, 3.05) is 19.8 Å². The van der Waals surface area contributed by atoms with Crippen LogP contribution in [0.3, 0.4) is 0 Å². The van der Waals surface area contributed by atoms with Crippen molar-refractivity contribution in [3.05, 3.63) is 25.3 Å². The zero-order chi connectivity index (χ0) is 24.3. The van der Waals surface area contributed by atoms with Crippen molar-refractivity contribution in [1.82, 2.24) is 9.80 Å². The highest BCUT2D eigenvalue weighted by molar-refractivity contribution is 5.98. The number of hydrogen-bond donors (Lipinski definition) is 1. The van der Waals surface area contributed by atoms with E-state index in [2.05, 4.69) is 13.2 Å². The largest absolute Gasteiger partial charge is 0.465 e. The van der Waals surface area contributed by atoms with Crippen molar-refractivity contribution in [1.29, 1.82) is 0 Å². The van der Waals surface area contributed by atoms with E-state index < -0.39 is 41.6 Å². The second kappa shape index (κ2) is 10.4. The summed E-state index contributed by atoms with van der Waals surface area (Å²) in [5, 5.41) is 10.1. The van der Waals surface area contributed by atoms with Gasteiger partial charge in [-0.05, 0) is 46.0 Å². The molecule has 0 aromatic rings. The fourth-order valence-electron chi connectivity index (χ4n) is 5.79. The second-order valence-corrected chi connectivity index (χ2v) is 9.52.